The number of hydrogen-bond donors (Lipinski definition) is 0. The number of nitrogens with zero attached hydrogens (tertiary/aromatic N) is 3. The van der Waals surface area contributed by atoms with Crippen molar-refractivity contribution in [3.63, 3.8) is 0 Å². The highest BCUT2D eigenvalue weighted by molar-refractivity contribution is 5.73. The van der Waals surface area contributed by atoms with E-state index in [9.17, 15) is 4.79 Å². The molecule has 0 spiro atoms. The van der Waals surface area contributed by atoms with Crippen LogP contribution in [0.1, 0.15) is 37.7 Å². The van der Waals surface area contributed by atoms with Crippen molar-refractivity contribution in [2.75, 3.05) is 13.1 Å². The van der Waals surface area contributed by atoms with Crippen LogP contribution in [0.25, 0.3) is 0 Å². The summed E-state index contributed by atoms with van der Waals surface area (Å²) in [6, 6.07) is 3.80. The second kappa shape index (κ2) is 5.35. The summed E-state index contributed by atoms with van der Waals surface area (Å²) in [6.45, 7) is 5.05. The largest absolute Gasteiger partial charge is 0.469 e. The molecule has 3 heterocycles. The standard InChI is InChI=1S/C15H19N3O3/c1-11(19)18-8-7-15(2,10-18)14-16-13(17-21-14)6-5-12-4-3-9-20-12/h3-4,9H,5-8,10H2,1-2H3. The lowest BCUT2D eigenvalue weighted by Crippen LogP contribution is -2.31. The molecule has 3 rings (SSSR count). The van der Waals surface area contributed by atoms with Crippen molar-refractivity contribution in [2.24, 2.45) is 0 Å². The lowest BCUT2D eigenvalue weighted by atomic mass is 9.90. The molecule has 1 unspecified atom stereocenters. The van der Waals surface area contributed by atoms with Gasteiger partial charge in [0.2, 0.25) is 11.8 Å². The van der Waals surface area contributed by atoms with E-state index in [-0.39, 0.29) is 11.3 Å². The molecule has 112 valence electrons. The molecule has 21 heavy (non-hydrogen) atoms. The van der Waals surface area contributed by atoms with Gasteiger partial charge >= 0.3 is 0 Å². The first-order chi connectivity index (χ1) is 10.1. The predicted octanol–water partition coefficient (Wildman–Crippen LogP) is 1.96. The first-order valence-corrected chi connectivity index (χ1v) is 7.18. The van der Waals surface area contributed by atoms with Crippen LogP contribution in [0, 0.1) is 0 Å². The Morgan fingerprint density at radius 3 is 3.00 bits per heavy atom. The number of carbonyl (C=O) groups excluding carboxylic acids is 1. The lowest BCUT2D eigenvalue weighted by molar-refractivity contribution is -0.128. The topological polar surface area (TPSA) is 72.4 Å². The third-order valence-corrected chi connectivity index (χ3v) is 4.08. The number of carbonyl (C=O) groups is 1. The van der Waals surface area contributed by atoms with Crippen LogP contribution in [-0.4, -0.2) is 34.0 Å². The van der Waals surface area contributed by atoms with Crippen molar-refractivity contribution >= 4 is 5.91 Å². The van der Waals surface area contributed by atoms with E-state index >= 15 is 0 Å². The van der Waals surface area contributed by atoms with E-state index < -0.39 is 0 Å². The maximum absolute atomic E-state index is 11.5. The molecule has 1 aliphatic heterocycles. The third kappa shape index (κ3) is 2.84. The first kappa shape index (κ1) is 13.9. The van der Waals surface area contributed by atoms with E-state index in [0.29, 0.717) is 24.7 Å². The molecule has 0 aliphatic carbocycles. The summed E-state index contributed by atoms with van der Waals surface area (Å²) in [5.74, 6) is 2.32. The average Bonchev–Trinajstić information content (AvgIpc) is 3.17. The van der Waals surface area contributed by atoms with Crippen LogP contribution in [0.5, 0.6) is 0 Å². The minimum atomic E-state index is -0.235. The van der Waals surface area contributed by atoms with Gasteiger partial charge in [-0.3, -0.25) is 4.79 Å². The van der Waals surface area contributed by atoms with E-state index in [4.69, 9.17) is 8.94 Å². The Balaban J connectivity index is 1.66. The van der Waals surface area contributed by atoms with E-state index in [1.165, 1.54) is 0 Å². The fourth-order valence-corrected chi connectivity index (χ4v) is 2.69. The highest BCUT2D eigenvalue weighted by Gasteiger charge is 2.41. The SMILES string of the molecule is CC(=O)N1CCC(C)(c2nc(CCc3ccco3)no2)C1. The molecule has 1 amide bonds. The summed E-state index contributed by atoms with van der Waals surface area (Å²) in [5.41, 5.74) is -0.235. The van der Waals surface area contributed by atoms with Gasteiger partial charge in [0.1, 0.15) is 5.76 Å². The van der Waals surface area contributed by atoms with Gasteiger partial charge in [0.05, 0.1) is 11.7 Å². The summed E-state index contributed by atoms with van der Waals surface area (Å²) in [5, 5.41) is 4.04. The zero-order valence-corrected chi connectivity index (χ0v) is 12.3. The van der Waals surface area contributed by atoms with Crippen LogP contribution in [-0.2, 0) is 23.1 Å². The number of likely N-dealkylation sites (tertiary alicyclic amines) is 1. The summed E-state index contributed by atoms with van der Waals surface area (Å²) >= 11 is 0. The molecule has 1 atom stereocenters. The van der Waals surface area contributed by atoms with Gasteiger partial charge in [0.25, 0.3) is 0 Å². The highest BCUT2D eigenvalue weighted by atomic mass is 16.5. The number of rotatable bonds is 4. The van der Waals surface area contributed by atoms with Gasteiger partial charge in [-0.1, -0.05) is 5.16 Å². The summed E-state index contributed by atoms with van der Waals surface area (Å²) in [7, 11) is 0. The van der Waals surface area contributed by atoms with Crippen molar-refractivity contribution in [3.8, 4) is 0 Å². The van der Waals surface area contributed by atoms with Crippen LogP contribution < -0.4 is 0 Å². The van der Waals surface area contributed by atoms with Gasteiger partial charge in [0, 0.05) is 32.9 Å². The minimum Gasteiger partial charge on any atom is -0.469 e. The lowest BCUT2D eigenvalue weighted by Gasteiger charge is -2.19. The molecule has 1 saturated heterocycles. The molecule has 0 radical (unpaired) electrons. The normalized spacial score (nSPS) is 21.9. The van der Waals surface area contributed by atoms with Crippen molar-refractivity contribution in [3.05, 3.63) is 35.9 Å². The zero-order valence-electron chi connectivity index (χ0n) is 12.3. The van der Waals surface area contributed by atoms with E-state index in [2.05, 4.69) is 17.1 Å². The number of furan rings is 1. The quantitative estimate of drug-likeness (QED) is 0.860. The molecule has 1 fully saturated rings. The van der Waals surface area contributed by atoms with Crippen molar-refractivity contribution < 1.29 is 13.7 Å². The molecule has 0 aromatic carbocycles. The first-order valence-electron chi connectivity index (χ1n) is 7.18. The molecule has 0 saturated carbocycles. The van der Waals surface area contributed by atoms with E-state index in [1.54, 1.807) is 13.2 Å². The molecule has 1 aliphatic rings. The fraction of sp³-hybridized carbons (Fsp3) is 0.533. The Bertz CT molecular complexity index is 620. The second-order valence-corrected chi connectivity index (χ2v) is 5.85. The molecule has 2 aromatic heterocycles. The van der Waals surface area contributed by atoms with Gasteiger partial charge in [0.15, 0.2) is 5.82 Å². The average molecular weight is 289 g/mol. The van der Waals surface area contributed by atoms with Crippen molar-refractivity contribution in [1.82, 2.24) is 15.0 Å². The molecule has 2 aromatic rings. The van der Waals surface area contributed by atoms with Gasteiger partial charge in [-0.15, -0.1) is 0 Å². The third-order valence-electron chi connectivity index (χ3n) is 4.08. The predicted molar refractivity (Wildman–Crippen MR) is 74.6 cm³/mol. The molecule has 0 N–H and O–H groups in total. The zero-order chi connectivity index (χ0) is 14.9. The Labute approximate surface area is 123 Å². The molecular weight excluding hydrogens is 270 g/mol. The van der Waals surface area contributed by atoms with Crippen LogP contribution in [0.2, 0.25) is 0 Å². The van der Waals surface area contributed by atoms with Crippen LogP contribution >= 0.6 is 0 Å². The number of amides is 1. The second-order valence-electron chi connectivity index (χ2n) is 5.85. The Kier molecular flexibility index (Phi) is 3.53. The molecule has 0 bridgehead atoms. The van der Waals surface area contributed by atoms with Crippen LogP contribution in [0.3, 0.4) is 0 Å². The maximum Gasteiger partial charge on any atom is 0.234 e. The van der Waals surface area contributed by atoms with Gasteiger partial charge < -0.3 is 13.8 Å². The monoisotopic (exact) mass is 289 g/mol. The van der Waals surface area contributed by atoms with Gasteiger partial charge in [-0.2, -0.15) is 4.98 Å². The number of aryl methyl sites for hydroxylation is 2. The van der Waals surface area contributed by atoms with E-state index in [0.717, 1.165) is 25.1 Å². The highest BCUT2D eigenvalue weighted by Crippen LogP contribution is 2.33. The van der Waals surface area contributed by atoms with Crippen LogP contribution in [0.4, 0.5) is 0 Å². The van der Waals surface area contributed by atoms with Crippen molar-refractivity contribution in [2.45, 2.75) is 38.5 Å². The van der Waals surface area contributed by atoms with Crippen molar-refractivity contribution in [1.29, 1.82) is 0 Å². The summed E-state index contributed by atoms with van der Waals surface area (Å²) < 4.78 is 10.7. The maximum atomic E-state index is 11.5. The molecular formula is C15H19N3O3. The fourth-order valence-electron chi connectivity index (χ4n) is 2.69. The number of aromatic nitrogens is 2. The van der Waals surface area contributed by atoms with E-state index in [1.807, 2.05) is 17.0 Å². The number of hydrogen-bond acceptors (Lipinski definition) is 5. The van der Waals surface area contributed by atoms with Gasteiger partial charge in [-0.05, 0) is 25.5 Å². The van der Waals surface area contributed by atoms with Crippen LogP contribution in [0.15, 0.2) is 27.3 Å². The van der Waals surface area contributed by atoms with Gasteiger partial charge in [-0.25, -0.2) is 0 Å². The smallest absolute Gasteiger partial charge is 0.234 e. The Hall–Kier alpha value is -2.11. The Morgan fingerprint density at radius 1 is 1.48 bits per heavy atom. The Morgan fingerprint density at radius 2 is 2.33 bits per heavy atom. The summed E-state index contributed by atoms with van der Waals surface area (Å²) in [4.78, 5) is 17.8. The summed E-state index contributed by atoms with van der Waals surface area (Å²) in [6.07, 6.45) is 3.95. The molecule has 6 nitrogen and oxygen atoms in total. The minimum absolute atomic E-state index is 0.0938. The molecule has 6 heteroatoms.